The lowest BCUT2D eigenvalue weighted by Crippen LogP contribution is -2.22. The zero-order chi connectivity index (χ0) is 14.0. The van der Waals surface area contributed by atoms with Crippen LogP contribution in [0.3, 0.4) is 0 Å². The van der Waals surface area contributed by atoms with Crippen LogP contribution in [0, 0.1) is 19.7 Å². The van der Waals surface area contributed by atoms with E-state index in [2.05, 4.69) is 10.3 Å². The molecule has 4 heteroatoms. The van der Waals surface area contributed by atoms with Gasteiger partial charge in [0.2, 0.25) is 0 Å². The van der Waals surface area contributed by atoms with Crippen molar-refractivity contribution in [3.05, 3.63) is 58.5 Å². The van der Waals surface area contributed by atoms with Crippen molar-refractivity contribution in [3.63, 3.8) is 0 Å². The van der Waals surface area contributed by atoms with Crippen molar-refractivity contribution in [1.82, 2.24) is 10.3 Å². The number of rotatable bonds is 3. The van der Waals surface area contributed by atoms with Crippen molar-refractivity contribution in [2.45, 2.75) is 19.9 Å². The van der Waals surface area contributed by atoms with Crippen LogP contribution < -0.4 is 11.1 Å². The molecule has 0 bridgehead atoms. The van der Waals surface area contributed by atoms with Crippen LogP contribution in [0.25, 0.3) is 0 Å². The van der Waals surface area contributed by atoms with Crippen molar-refractivity contribution < 1.29 is 4.39 Å². The van der Waals surface area contributed by atoms with Crippen molar-refractivity contribution >= 4 is 5.82 Å². The monoisotopic (exact) mass is 259 g/mol. The average molecular weight is 259 g/mol. The summed E-state index contributed by atoms with van der Waals surface area (Å²) in [5.74, 6) is 0.188. The van der Waals surface area contributed by atoms with Gasteiger partial charge in [-0.1, -0.05) is 17.7 Å². The van der Waals surface area contributed by atoms with E-state index >= 15 is 0 Å². The number of hydrogen-bond acceptors (Lipinski definition) is 3. The molecule has 1 aromatic carbocycles. The summed E-state index contributed by atoms with van der Waals surface area (Å²) in [6.45, 7) is 3.89. The van der Waals surface area contributed by atoms with Gasteiger partial charge in [0.05, 0.1) is 6.04 Å². The van der Waals surface area contributed by atoms with Gasteiger partial charge in [0.15, 0.2) is 0 Å². The second kappa shape index (κ2) is 5.36. The highest BCUT2D eigenvalue weighted by Crippen LogP contribution is 2.30. The van der Waals surface area contributed by atoms with Crippen molar-refractivity contribution in [3.8, 4) is 0 Å². The predicted molar refractivity (Wildman–Crippen MR) is 75.4 cm³/mol. The molecule has 1 heterocycles. The van der Waals surface area contributed by atoms with Gasteiger partial charge in [0, 0.05) is 17.3 Å². The molecular formula is C15H18FN3. The maximum absolute atomic E-state index is 14.1. The zero-order valence-electron chi connectivity index (χ0n) is 11.4. The average Bonchev–Trinajstić information content (AvgIpc) is 2.37. The normalized spacial score (nSPS) is 12.4. The SMILES string of the molecule is CNC(c1cc(C)ccc1F)c1c(C)ccnc1N. The van der Waals surface area contributed by atoms with E-state index in [9.17, 15) is 4.39 Å². The molecule has 0 amide bonds. The van der Waals surface area contributed by atoms with E-state index in [1.165, 1.54) is 6.07 Å². The molecule has 2 rings (SSSR count). The molecule has 2 aromatic rings. The molecule has 0 aliphatic carbocycles. The summed E-state index contributed by atoms with van der Waals surface area (Å²) in [6, 6.07) is 6.65. The number of aryl methyl sites for hydroxylation is 2. The minimum absolute atomic E-state index is 0.243. The Morgan fingerprint density at radius 1 is 1.26 bits per heavy atom. The molecule has 1 unspecified atom stereocenters. The lowest BCUT2D eigenvalue weighted by Gasteiger charge is -2.21. The maximum Gasteiger partial charge on any atom is 0.128 e. The van der Waals surface area contributed by atoms with Gasteiger partial charge >= 0.3 is 0 Å². The van der Waals surface area contributed by atoms with E-state index in [-0.39, 0.29) is 11.9 Å². The van der Waals surface area contributed by atoms with Crippen LogP contribution in [0.1, 0.15) is 28.3 Å². The maximum atomic E-state index is 14.1. The summed E-state index contributed by atoms with van der Waals surface area (Å²) >= 11 is 0. The zero-order valence-corrected chi connectivity index (χ0v) is 11.4. The first-order chi connectivity index (χ1) is 9.04. The van der Waals surface area contributed by atoms with Gasteiger partial charge in [-0.2, -0.15) is 0 Å². The summed E-state index contributed by atoms with van der Waals surface area (Å²) in [5.41, 5.74) is 9.37. The minimum Gasteiger partial charge on any atom is -0.383 e. The van der Waals surface area contributed by atoms with Crippen LogP contribution in [0.2, 0.25) is 0 Å². The smallest absolute Gasteiger partial charge is 0.128 e. The van der Waals surface area contributed by atoms with Gasteiger partial charge in [0.25, 0.3) is 0 Å². The largest absolute Gasteiger partial charge is 0.383 e. The summed E-state index contributed by atoms with van der Waals surface area (Å²) in [7, 11) is 1.79. The van der Waals surface area contributed by atoms with E-state index < -0.39 is 0 Å². The lowest BCUT2D eigenvalue weighted by atomic mass is 9.94. The number of nitrogens with zero attached hydrogens (tertiary/aromatic N) is 1. The number of benzene rings is 1. The van der Waals surface area contributed by atoms with Gasteiger partial charge in [-0.25, -0.2) is 9.37 Å². The second-order valence-corrected chi connectivity index (χ2v) is 4.67. The number of pyridine rings is 1. The highest BCUT2D eigenvalue weighted by molar-refractivity contribution is 5.50. The molecule has 0 radical (unpaired) electrons. The Morgan fingerprint density at radius 2 is 2.00 bits per heavy atom. The Hall–Kier alpha value is -1.94. The van der Waals surface area contributed by atoms with E-state index in [4.69, 9.17) is 5.73 Å². The van der Waals surface area contributed by atoms with E-state index in [1.54, 1.807) is 19.3 Å². The van der Waals surface area contributed by atoms with Gasteiger partial charge in [-0.05, 0) is 38.6 Å². The van der Waals surface area contributed by atoms with Crippen LogP contribution >= 0.6 is 0 Å². The van der Waals surface area contributed by atoms with Crippen LogP contribution in [-0.2, 0) is 0 Å². The summed E-state index contributed by atoms with van der Waals surface area (Å²) in [5, 5.41) is 3.12. The summed E-state index contributed by atoms with van der Waals surface area (Å²) in [6.07, 6.45) is 1.66. The summed E-state index contributed by atoms with van der Waals surface area (Å²) in [4.78, 5) is 4.10. The van der Waals surface area contributed by atoms with E-state index in [0.29, 0.717) is 11.4 Å². The first-order valence-corrected chi connectivity index (χ1v) is 6.19. The number of nitrogens with one attached hydrogen (secondary N) is 1. The molecule has 0 aliphatic rings. The number of anilines is 1. The van der Waals surface area contributed by atoms with E-state index in [1.807, 2.05) is 26.0 Å². The minimum atomic E-state index is -0.298. The fourth-order valence-corrected chi connectivity index (χ4v) is 2.31. The molecule has 0 saturated carbocycles. The fraction of sp³-hybridized carbons (Fsp3) is 0.267. The topological polar surface area (TPSA) is 50.9 Å². The standard InChI is InChI=1S/C15H18FN3/c1-9-4-5-12(16)11(8-9)14(18-3)13-10(2)6-7-19-15(13)17/h4-8,14,18H,1-3H3,(H2,17,19). The molecule has 19 heavy (non-hydrogen) atoms. The van der Waals surface area contributed by atoms with Gasteiger partial charge in [0.1, 0.15) is 11.6 Å². The van der Waals surface area contributed by atoms with Gasteiger partial charge in [-0.3, -0.25) is 0 Å². The molecule has 0 spiro atoms. The number of aromatic nitrogens is 1. The molecule has 0 saturated heterocycles. The first-order valence-electron chi connectivity index (χ1n) is 6.19. The van der Waals surface area contributed by atoms with Gasteiger partial charge in [-0.15, -0.1) is 0 Å². The third kappa shape index (κ3) is 2.58. The van der Waals surface area contributed by atoms with Gasteiger partial charge < -0.3 is 11.1 Å². The Kier molecular flexibility index (Phi) is 3.81. The number of halogens is 1. The Labute approximate surface area is 112 Å². The number of hydrogen-bond donors (Lipinski definition) is 2. The van der Waals surface area contributed by atoms with E-state index in [0.717, 1.165) is 16.7 Å². The Morgan fingerprint density at radius 3 is 2.63 bits per heavy atom. The Balaban J connectivity index is 2.59. The molecule has 3 nitrogen and oxygen atoms in total. The molecule has 1 atom stereocenters. The number of nitrogen functional groups attached to an aromatic ring is 1. The Bertz CT molecular complexity index is 576. The lowest BCUT2D eigenvalue weighted by molar-refractivity contribution is 0.574. The molecule has 100 valence electrons. The van der Waals surface area contributed by atoms with Crippen LogP contribution in [0.4, 0.5) is 10.2 Å². The third-order valence-corrected chi connectivity index (χ3v) is 3.28. The second-order valence-electron chi connectivity index (χ2n) is 4.67. The molecular weight excluding hydrogens is 241 g/mol. The molecule has 0 aliphatic heterocycles. The summed E-state index contributed by atoms with van der Waals surface area (Å²) < 4.78 is 14.1. The van der Waals surface area contributed by atoms with Crippen LogP contribution in [-0.4, -0.2) is 12.0 Å². The van der Waals surface area contributed by atoms with Crippen LogP contribution in [0.15, 0.2) is 30.5 Å². The van der Waals surface area contributed by atoms with Crippen molar-refractivity contribution in [2.75, 3.05) is 12.8 Å². The predicted octanol–water partition coefficient (Wildman–Crippen LogP) is 2.73. The number of nitrogens with two attached hydrogens (primary N) is 1. The molecule has 0 fully saturated rings. The third-order valence-electron chi connectivity index (χ3n) is 3.28. The highest BCUT2D eigenvalue weighted by atomic mass is 19.1. The quantitative estimate of drug-likeness (QED) is 0.891. The fourth-order valence-electron chi connectivity index (χ4n) is 2.31. The van der Waals surface area contributed by atoms with Crippen LogP contribution in [0.5, 0.6) is 0 Å². The van der Waals surface area contributed by atoms with Crippen molar-refractivity contribution in [1.29, 1.82) is 0 Å². The molecule has 3 N–H and O–H groups in total. The van der Waals surface area contributed by atoms with Crippen molar-refractivity contribution in [2.24, 2.45) is 0 Å². The first kappa shape index (κ1) is 13.5. The highest BCUT2D eigenvalue weighted by Gasteiger charge is 2.20. The molecule has 1 aromatic heterocycles.